The molecule has 0 spiro atoms. The molecule has 0 radical (unpaired) electrons. The minimum Gasteiger partial charge on any atom is -0.399 e. The lowest BCUT2D eigenvalue weighted by Crippen LogP contribution is -2.41. The number of carbonyl (C=O) groups excluding carboxylic acids is 2. The molecule has 1 amide bonds. The fraction of sp³-hybridized carbons (Fsp3) is 0.316. The number of aldehydes is 1. The zero-order valence-corrected chi connectivity index (χ0v) is 16.3. The number of carbonyl (C=O) groups is 2. The fourth-order valence-corrected chi connectivity index (χ4v) is 2.86. The summed E-state index contributed by atoms with van der Waals surface area (Å²) in [4.78, 5) is 27.1. The average molecular weight is 387 g/mol. The van der Waals surface area contributed by atoms with Crippen molar-refractivity contribution in [1.82, 2.24) is 4.98 Å². The van der Waals surface area contributed by atoms with Crippen LogP contribution in [0.5, 0.6) is 0 Å². The van der Waals surface area contributed by atoms with Crippen molar-refractivity contribution in [2.75, 3.05) is 5.32 Å². The van der Waals surface area contributed by atoms with E-state index in [2.05, 4.69) is 10.3 Å². The quantitative estimate of drug-likeness (QED) is 0.645. The topological polar surface area (TPSA) is 77.5 Å². The molecule has 1 aliphatic heterocycles. The third kappa shape index (κ3) is 3.76. The first-order valence-electron chi connectivity index (χ1n) is 8.51. The molecule has 140 valence electrons. The van der Waals surface area contributed by atoms with Gasteiger partial charge in [-0.05, 0) is 45.9 Å². The summed E-state index contributed by atoms with van der Waals surface area (Å²) >= 11 is 6.51. The molecule has 2 heterocycles. The van der Waals surface area contributed by atoms with Crippen molar-refractivity contribution in [1.29, 1.82) is 0 Å². The summed E-state index contributed by atoms with van der Waals surface area (Å²) in [5.74, 6) is -0.430. The molecule has 2 aromatic rings. The van der Waals surface area contributed by atoms with Gasteiger partial charge in [-0.1, -0.05) is 23.7 Å². The molecule has 1 aromatic heterocycles. The van der Waals surface area contributed by atoms with Crippen LogP contribution in [0.1, 0.15) is 48.5 Å². The van der Waals surface area contributed by atoms with Crippen molar-refractivity contribution in [3.05, 3.63) is 52.8 Å². The Labute approximate surface area is 163 Å². The monoisotopic (exact) mass is 386 g/mol. The number of hydrogen-bond acceptors (Lipinski definition) is 5. The molecule has 3 rings (SSSR count). The van der Waals surface area contributed by atoms with Crippen LogP contribution in [0.4, 0.5) is 5.69 Å². The first kappa shape index (κ1) is 19.5. The Balaban J connectivity index is 1.83. The number of nitrogens with one attached hydrogen (secondary N) is 1. The van der Waals surface area contributed by atoms with Gasteiger partial charge in [-0.3, -0.25) is 14.6 Å². The largest absolute Gasteiger partial charge is 0.496 e. The molecule has 1 aromatic carbocycles. The summed E-state index contributed by atoms with van der Waals surface area (Å²) in [5.41, 5.74) is 0.646. The van der Waals surface area contributed by atoms with Gasteiger partial charge in [-0.15, -0.1) is 0 Å². The molecule has 27 heavy (non-hydrogen) atoms. The summed E-state index contributed by atoms with van der Waals surface area (Å²) in [6.45, 7) is 7.84. The van der Waals surface area contributed by atoms with E-state index >= 15 is 0 Å². The third-order valence-electron chi connectivity index (χ3n) is 4.94. The Hall–Kier alpha value is -2.22. The van der Waals surface area contributed by atoms with E-state index in [-0.39, 0.29) is 5.69 Å². The highest BCUT2D eigenvalue weighted by Gasteiger charge is 2.52. The van der Waals surface area contributed by atoms with Gasteiger partial charge in [0.15, 0.2) is 6.29 Å². The van der Waals surface area contributed by atoms with Crippen LogP contribution in [0.15, 0.2) is 36.5 Å². The number of rotatable bonds is 4. The van der Waals surface area contributed by atoms with Crippen LogP contribution in [0.2, 0.25) is 5.02 Å². The molecule has 0 bridgehead atoms. The minimum absolute atomic E-state index is 0.178. The van der Waals surface area contributed by atoms with Gasteiger partial charge in [-0.2, -0.15) is 0 Å². The Bertz CT molecular complexity index is 868. The normalized spacial score (nSPS) is 17.6. The predicted octanol–water partition coefficient (Wildman–Crippen LogP) is 3.10. The van der Waals surface area contributed by atoms with E-state index in [1.165, 1.54) is 18.3 Å². The SMILES string of the molecule is CC1(C)OB(c2cccc(NC(=O)c3ccc(C=O)cn3)c2Cl)OC1(C)C. The minimum atomic E-state index is -0.635. The molecule has 1 aliphatic rings. The van der Waals surface area contributed by atoms with Gasteiger partial charge in [-0.25, -0.2) is 0 Å². The van der Waals surface area contributed by atoms with Crippen LogP contribution in [-0.4, -0.2) is 35.5 Å². The molecule has 0 saturated carbocycles. The van der Waals surface area contributed by atoms with Gasteiger partial charge < -0.3 is 14.6 Å². The molecule has 0 atom stereocenters. The van der Waals surface area contributed by atoms with E-state index in [0.717, 1.165) is 0 Å². The second-order valence-electron chi connectivity index (χ2n) is 7.35. The van der Waals surface area contributed by atoms with Crippen molar-refractivity contribution in [2.24, 2.45) is 0 Å². The maximum atomic E-state index is 12.4. The van der Waals surface area contributed by atoms with E-state index < -0.39 is 24.2 Å². The highest BCUT2D eigenvalue weighted by molar-refractivity contribution is 6.66. The predicted molar refractivity (Wildman–Crippen MR) is 105 cm³/mol. The zero-order chi connectivity index (χ0) is 19.8. The lowest BCUT2D eigenvalue weighted by atomic mass is 9.79. The molecule has 0 aliphatic carbocycles. The summed E-state index contributed by atoms with van der Waals surface area (Å²) in [5, 5.41) is 3.08. The lowest BCUT2D eigenvalue weighted by molar-refractivity contribution is 0.00578. The first-order valence-corrected chi connectivity index (χ1v) is 8.89. The van der Waals surface area contributed by atoms with Gasteiger partial charge in [0.05, 0.1) is 21.9 Å². The first-order chi connectivity index (χ1) is 12.6. The third-order valence-corrected chi connectivity index (χ3v) is 5.36. The smallest absolute Gasteiger partial charge is 0.399 e. The van der Waals surface area contributed by atoms with Crippen molar-refractivity contribution < 1.29 is 18.9 Å². The maximum Gasteiger partial charge on any atom is 0.496 e. The number of aromatic nitrogens is 1. The van der Waals surface area contributed by atoms with Gasteiger partial charge in [0.1, 0.15) is 5.69 Å². The Morgan fingerprint density at radius 2 is 1.81 bits per heavy atom. The van der Waals surface area contributed by atoms with E-state index in [4.69, 9.17) is 20.9 Å². The van der Waals surface area contributed by atoms with E-state index in [1.54, 1.807) is 18.2 Å². The molecule has 1 fully saturated rings. The molecular weight excluding hydrogens is 366 g/mol. The van der Waals surface area contributed by atoms with Crippen LogP contribution >= 0.6 is 11.6 Å². The van der Waals surface area contributed by atoms with Crippen LogP contribution in [0.25, 0.3) is 0 Å². The molecule has 8 heteroatoms. The molecule has 6 nitrogen and oxygen atoms in total. The molecule has 0 unspecified atom stereocenters. The van der Waals surface area contributed by atoms with Crippen LogP contribution in [-0.2, 0) is 9.31 Å². The summed E-state index contributed by atoms with van der Waals surface area (Å²) < 4.78 is 12.1. The lowest BCUT2D eigenvalue weighted by Gasteiger charge is -2.32. The van der Waals surface area contributed by atoms with Gasteiger partial charge >= 0.3 is 7.12 Å². The van der Waals surface area contributed by atoms with Crippen LogP contribution < -0.4 is 10.8 Å². The number of benzene rings is 1. The maximum absolute atomic E-state index is 12.4. The number of hydrogen-bond donors (Lipinski definition) is 1. The number of halogens is 1. The summed E-state index contributed by atoms with van der Waals surface area (Å²) in [6.07, 6.45) is 2.00. The zero-order valence-electron chi connectivity index (χ0n) is 15.6. The second kappa shape index (κ2) is 7.07. The fourth-order valence-electron chi connectivity index (χ4n) is 2.59. The van der Waals surface area contributed by atoms with Crippen molar-refractivity contribution in [2.45, 2.75) is 38.9 Å². The second-order valence-corrected chi connectivity index (χ2v) is 7.72. The van der Waals surface area contributed by atoms with Crippen molar-refractivity contribution >= 4 is 42.1 Å². The average Bonchev–Trinajstić information content (AvgIpc) is 2.84. The van der Waals surface area contributed by atoms with E-state index in [9.17, 15) is 9.59 Å². The number of anilines is 1. The summed E-state index contributed by atoms with van der Waals surface area (Å²) in [6, 6.07) is 8.26. The van der Waals surface area contributed by atoms with Gasteiger partial charge in [0, 0.05) is 17.2 Å². The summed E-state index contributed by atoms with van der Waals surface area (Å²) in [7, 11) is -0.635. The van der Waals surface area contributed by atoms with Crippen molar-refractivity contribution in [3.8, 4) is 0 Å². The van der Waals surface area contributed by atoms with E-state index in [0.29, 0.717) is 28.0 Å². The van der Waals surface area contributed by atoms with Crippen LogP contribution in [0.3, 0.4) is 0 Å². The van der Waals surface area contributed by atoms with Gasteiger partial charge in [0.2, 0.25) is 0 Å². The molecule has 1 N–H and O–H groups in total. The van der Waals surface area contributed by atoms with Gasteiger partial charge in [0.25, 0.3) is 5.91 Å². The Morgan fingerprint density at radius 1 is 1.15 bits per heavy atom. The highest BCUT2D eigenvalue weighted by Crippen LogP contribution is 2.37. The Kier molecular flexibility index (Phi) is 5.12. The number of pyridine rings is 1. The highest BCUT2D eigenvalue weighted by atomic mass is 35.5. The standard InChI is InChI=1S/C19H20BClN2O4/c1-18(2)19(3,4)27-20(26-18)13-6-5-7-14(16(13)21)23-17(25)15-9-8-12(11-24)10-22-15/h5-11H,1-4H3,(H,23,25). The molecular formula is C19H20BClN2O4. The molecule has 1 saturated heterocycles. The number of amides is 1. The van der Waals surface area contributed by atoms with E-state index in [1.807, 2.05) is 27.7 Å². The van der Waals surface area contributed by atoms with Crippen molar-refractivity contribution in [3.63, 3.8) is 0 Å². The Morgan fingerprint density at radius 3 is 2.37 bits per heavy atom. The van der Waals surface area contributed by atoms with Crippen LogP contribution in [0, 0.1) is 0 Å². The number of nitrogens with zero attached hydrogens (tertiary/aromatic N) is 1.